The van der Waals surface area contributed by atoms with E-state index in [-0.39, 0.29) is 18.1 Å². The molecule has 4 N–H and O–H groups in total. The number of rotatable bonds is 11. The molecule has 7 heteroatoms. The largest absolute Gasteiger partial charge is 0.484 e. The van der Waals surface area contributed by atoms with Crippen molar-refractivity contribution in [2.45, 2.75) is 65.6 Å². The standard InChI is InChI=1S/C22H36N4O3/c1-5-7-11-28-19-13-18(22(19,3)4)26-21(24-6-2)25-14-16-9-8-10-17(12-16)29-15-20(23)27/h8-10,12,18-19H,5-7,11,13-15H2,1-4H3,(H2,23,27)(H2,24,25,26). The molecule has 0 aromatic heterocycles. The summed E-state index contributed by atoms with van der Waals surface area (Å²) in [5.41, 5.74) is 6.19. The molecule has 1 aliphatic carbocycles. The number of aliphatic imine (C=N–C) groups is 1. The minimum Gasteiger partial charge on any atom is -0.484 e. The number of nitrogens with two attached hydrogens (primary N) is 1. The molecule has 162 valence electrons. The van der Waals surface area contributed by atoms with Gasteiger partial charge in [-0.2, -0.15) is 0 Å². The van der Waals surface area contributed by atoms with Gasteiger partial charge in [-0.3, -0.25) is 4.79 Å². The summed E-state index contributed by atoms with van der Waals surface area (Å²) < 4.78 is 11.4. The Morgan fingerprint density at radius 3 is 2.79 bits per heavy atom. The molecule has 0 radical (unpaired) electrons. The quantitative estimate of drug-likeness (QED) is 0.299. The maximum atomic E-state index is 10.9. The summed E-state index contributed by atoms with van der Waals surface area (Å²) in [6.07, 6.45) is 3.53. The Hall–Kier alpha value is -2.28. The van der Waals surface area contributed by atoms with Gasteiger partial charge < -0.3 is 25.8 Å². The highest BCUT2D eigenvalue weighted by molar-refractivity contribution is 5.80. The van der Waals surface area contributed by atoms with Crippen molar-refractivity contribution < 1.29 is 14.3 Å². The summed E-state index contributed by atoms with van der Waals surface area (Å²) in [6, 6.07) is 7.86. The van der Waals surface area contributed by atoms with E-state index in [2.05, 4.69) is 38.3 Å². The summed E-state index contributed by atoms with van der Waals surface area (Å²) in [6.45, 7) is 10.7. The van der Waals surface area contributed by atoms with Crippen LogP contribution in [0.5, 0.6) is 5.75 Å². The minimum absolute atomic E-state index is 0.0620. The molecule has 2 atom stereocenters. The second-order valence-electron chi connectivity index (χ2n) is 8.06. The van der Waals surface area contributed by atoms with Gasteiger partial charge in [0.25, 0.3) is 5.91 Å². The van der Waals surface area contributed by atoms with E-state index in [1.165, 1.54) is 0 Å². The smallest absolute Gasteiger partial charge is 0.255 e. The third-order valence-corrected chi connectivity index (χ3v) is 5.35. The van der Waals surface area contributed by atoms with Gasteiger partial charge in [0.1, 0.15) is 5.75 Å². The van der Waals surface area contributed by atoms with Crippen LogP contribution in [0.25, 0.3) is 0 Å². The fourth-order valence-corrected chi connectivity index (χ4v) is 3.33. The monoisotopic (exact) mass is 404 g/mol. The zero-order valence-electron chi connectivity index (χ0n) is 18.2. The zero-order chi connectivity index (χ0) is 21.3. The van der Waals surface area contributed by atoms with E-state index in [9.17, 15) is 4.79 Å². The fraction of sp³-hybridized carbons (Fsp3) is 0.636. The van der Waals surface area contributed by atoms with Crippen LogP contribution in [-0.4, -0.2) is 43.8 Å². The number of nitrogens with one attached hydrogen (secondary N) is 2. The number of benzene rings is 1. The summed E-state index contributed by atoms with van der Waals surface area (Å²) in [5, 5.41) is 6.87. The number of carbonyl (C=O) groups excluding carboxylic acids is 1. The van der Waals surface area contributed by atoms with Crippen LogP contribution in [0.3, 0.4) is 0 Å². The number of carbonyl (C=O) groups is 1. The molecule has 1 amide bonds. The van der Waals surface area contributed by atoms with Crippen LogP contribution in [0.1, 0.15) is 52.5 Å². The highest BCUT2D eigenvalue weighted by Gasteiger charge is 2.49. The normalized spacial score (nSPS) is 20.6. The van der Waals surface area contributed by atoms with Gasteiger partial charge in [-0.15, -0.1) is 0 Å². The third-order valence-electron chi connectivity index (χ3n) is 5.35. The van der Waals surface area contributed by atoms with Crippen molar-refractivity contribution >= 4 is 11.9 Å². The molecule has 0 bridgehead atoms. The van der Waals surface area contributed by atoms with E-state index in [4.69, 9.17) is 20.2 Å². The van der Waals surface area contributed by atoms with Gasteiger partial charge in [0, 0.05) is 24.6 Å². The van der Waals surface area contributed by atoms with E-state index in [1.807, 2.05) is 18.2 Å². The molecule has 1 aliphatic rings. The van der Waals surface area contributed by atoms with Gasteiger partial charge in [-0.05, 0) is 37.5 Å². The molecule has 2 unspecified atom stereocenters. The minimum atomic E-state index is -0.493. The lowest BCUT2D eigenvalue weighted by Gasteiger charge is -2.52. The van der Waals surface area contributed by atoms with Crippen LogP contribution in [0.4, 0.5) is 0 Å². The number of hydrogen-bond donors (Lipinski definition) is 3. The van der Waals surface area contributed by atoms with Gasteiger partial charge in [-0.1, -0.05) is 39.3 Å². The second-order valence-corrected chi connectivity index (χ2v) is 8.06. The first-order valence-electron chi connectivity index (χ1n) is 10.5. The first-order valence-corrected chi connectivity index (χ1v) is 10.5. The van der Waals surface area contributed by atoms with Gasteiger partial charge in [0.15, 0.2) is 12.6 Å². The van der Waals surface area contributed by atoms with Crippen molar-refractivity contribution in [2.24, 2.45) is 16.1 Å². The second kappa shape index (κ2) is 11.0. The van der Waals surface area contributed by atoms with Crippen molar-refractivity contribution in [1.29, 1.82) is 0 Å². The van der Waals surface area contributed by atoms with Crippen molar-refractivity contribution in [1.82, 2.24) is 10.6 Å². The highest BCUT2D eigenvalue weighted by Crippen LogP contribution is 2.42. The summed E-state index contributed by atoms with van der Waals surface area (Å²) in [7, 11) is 0. The third kappa shape index (κ3) is 6.92. The topological polar surface area (TPSA) is 98.0 Å². The van der Waals surface area contributed by atoms with E-state index in [1.54, 1.807) is 6.07 Å². The molecule has 0 spiro atoms. The molecule has 7 nitrogen and oxygen atoms in total. The fourth-order valence-electron chi connectivity index (χ4n) is 3.33. The van der Waals surface area contributed by atoms with Crippen LogP contribution >= 0.6 is 0 Å². The SMILES string of the molecule is CCCCOC1CC(NC(=NCc2cccc(OCC(N)=O)c2)NCC)C1(C)C. The van der Waals surface area contributed by atoms with Crippen LogP contribution in [-0.2, 0) is 16.1 Å². The van der Waals surface area contributed by atoms with Crippen molar-refractivity contribution in [2.75, 3.05) is 19.8 Å². The Balaban J connectivity index is 1.93. The Morgan fingerprint density at radius 1 is 1.34 bits per heavy atom. The van der Waals surface area contributed by atoms with Crippen LogP contribution in [0, 0.1) is 5.41 Å². The first kappa shape index (κ1) is 23.0. The van der Waals surface area contributed by atoms with Gasteiger partial charge in [0.2, 0.25) is 0 Å². The maximum absolute atomic E-state index is 10.9. The Bertz CT molecular complexity index is 690. The Labute approximate surface area is 174 Å². The van der Waals surface area contributed by atoms with Crippen molar-refractivity contribution in [3.05, 3.63) is 29.8 Å². The predicted molar refractivity (Wildman–Crippen MR) is 116 cm³/mol. The zero-order valence-corrected chi connectivity index (χ0v) is 18.2. The highest BCUT2D eigenvalue weighted by atomic mass is 16.5. The molecule has 0 heterocycles. The van der Waals surface area contributed by atoms with Gasteiger partial charge >= 0.3 is 0 Å². The van der Waals surface area contributed by atoms with Gasteiger partial charge in [-0.25, -0.2) is 4.99 Å². The molecular weight excluding hydrogens is 368 g/mol. The Kier molecular flexibility index (Phi) is 8.76. The molecule has 1 aromatic rings. The van der Waals surface area contributed by atoms with E-state index >= 15 is 0 Å². The van der Waals surface area contributed by atoms with Crippen LogP contribution < -0.4 is 21.1 Å². The molecule has 2 rings (SSSR count). The summed E-state index contributed by atoms with van der Waals surface area (Å²) >= 11 is 0. The maximum Gasteiger partial charge on any atom is 0.255 e. The Morgan fingerprint density at radius 2 is 2.14 bits per heavy atom. The summed E-state index contributed by atoms with van der Waals surface area (Å²) in [5.74, 6) is 0.912. The average Bonchev–Trinajstić information content (AvgIpc) is 2.69. The number of guanidine groups is 1. The molecule has 1 aromatic carbocycles. The first-order chi connectivity index (χ1) is 13.9. The lowest BCUT2D eigenvalue weighted by molar-refractivity contribution is -0.119. The van der Waals surface area contributed by atoms with Crippen LogP contribution in [0.2, 0.25) is 0 Å². The lowest BCUT2D eigenvalue weighted by atomic mass is 9.64. The number of nitrogens with zero attached hydrogens (tertiary/aromatic N) is 1. The van der Waals surface area contributed by atoms with E-state index in [0.717, 1.165) is 43.9 Å². The van der Waals surface area contributed by atoms with E-state index in [0.29, 0.717) is 18.3 Å². The number of ether oxygens (including phenoxy) is 2. The molecule has 0 saturated heterocycles. The number of primary amides is 1. The van der Waals surface area contributed by atoms with E-state index < -0.39 is 5.91 Å². The molecule has 1 fully saturated rings. The molecular formula is C22H36N4O3. The van der Waals surface area contributed by atoms with Crippen molar-refractivity contribution in [3.8, 4) is 5.75 Å². The summed E-state index contributed by atoms with van der Waals surface area (Å²) in [4.78, 5) is 15.6. The van der Waals surface area contributed by atoms with Gasteiger partial charge in [0.05, 0.1) is 12.6 Å². The number of amides is 1. The number of hydrogen-bond acceptors (Lipinski definition) is 4. The van der Waals surface area contributed by atoms with Crippen LogP contribution in [0.15, 0.2) is 29.3 Å². The molecule has 1 saturated carbocycles. The molecule has 29 heavy (non-hydrogen) atoms. The molecule has 0 aliphatic heterocycles. The van der Waals surface area contributed by atoms with Crippen molar-refractivity contribution in [3.63, 3.8) is 0 Å². The average molecular weight is 405 g/mol. The lowest BCUT2D eigenvalue weighted by Crippen LogP contribution is -2.63. The predicted octanol–water partition coefficient (Wildman–Crippen LogP) is 2.59. The number of unbranched alkanes of at least 4 members (excludes halogenated alkanes) is 1.